The average molecular weight is 327 g/mol. The molecule has 0 atom stereocenters. The molecule has 1 aliphatic rings. The van der Waals surface area contributed by atoms with Crippen molar-refractivity contribution in [2.45, 2.75) is 18.4 Å². The normalized spacial score (nSPS) is 15.6. The minimum atomic E-state index is -0.294. The molecule has 0 saturated carbocycles. The molecule has 1 heterocycles. The monoisotopic (exact) mass is 327 g/mol. The molecule has 0 radical (unpaired) electrons. The lowest BCUT2D eigenvalue weighted by Gasteiger charge is -2.27. The SMILES string of the molecule is COc1ccc(C2=NC(c3ccccc3)(c3ccccc3)CC2)cc1. The van der Waals surface area contributed by atoms with Crippen molar-refractivity contribution in [3.05, 3.63) is 102 Å². The molecule has 2 nitrogen and oxygen atoms in total. The van der Waals surface area contributed by atoms with Gasteiger partial charge < -0.3 is 4.74 Å². The molecule has 0 amide bonds. The van der Waals surface area contributed by atoms with Crippen molar-refractivity contribution in [1.29, 1.82) is 0 Å². The highest BCUT2D eigenvalue weighted by atomic mass is 16.5. The Morgan fingerprint density at radius 3 is 1.84 bits per heavy atom. The van der Waals surface area contributed by atoms with Crippen LogP contribution in [0.3, 0.4) is 0 Å². The van der Waals surface area contributed by atoms with Gasteiger partial charge in [-0.15, -0.1) is 0 Å². The van der Waals surface area contributed by atoms with Crippen LogP contribution in [0.15, 0.2) is 89.9 Å². The van der Waals surface area contributed by atoms with Crippen molar-refractivity contribution in [3.8, 4) is 5.75 Å². The van der Waals surface area contributed by atoms with E-state index in [1.165, 1.54) is 16.7 Å². The van der Waals surface area contributed by atoms with Gasteiger partial charge in [-0.05, 0) is 53.8 Å². The standard InChI is InChI=1S/C23H21NO/c1-25-21-14-12-18(13-15-21)22-16-17-23(24-22,19-8-4-2-5-9-19)20-10-6-3-7-11-20/h2-15H,16-17H2,1H3. The lowest BCUT2D eigenvalue weighted by molar-refractivity contribution is 0.415. The summed E-state index contributed by atoms with van der Waals surface area (Å²) in [5.74, 6) is 0.875. The molecule has 124 valence electrons. The maximum absolute atomic E-state index is 5.27. The molecule has 4 rings (SSSR count). The Morgan fingerprint density at radius 1 is 0.760 bits per heavy atom. The summed E-state index contributed by atoms with van der Waals surface area (Å²) in [5, 5.41) is 0. The number of benzene rings is 3. The van der Waals surface area contributed by atoms with Gasteiger partial charge in [0.2, 0.25) is 0 Å². The average Bonchev–Trinajstić information content (AvgIpc) is 3.16. The van der Waals surface area contributed by atoms with Crippen LogP contribution in [-0.4, -0.2) is 12.8 Å². The van der Waals surface area contributed by atoms with E-state index in [-0.39, 0.29) is 5.54 Å². The van der Waals surface area contributed by atoms with Crippen LogP contribution in [0, 0.1) is 0 Å². The second kappa shape index (κ2) is 6.56. The molecule has 25 heavy (non-hydrogen) atoms. The Kier molecular flexibility index (Phi) is 4.10. The molecule has 0 aliphatic carbocycles. The zero-order chi connectivity index (χ0) is 17.1. The molecule has 0 saturated heterocycles. The Hall–Kier alpha value is -2.87. The van der Waals surface area contributed by atoms with E-state index in [1.54, 1.807) is 7.11 Å². The fourth-order valence-electron chi connectivity index (χ4n) is 3.65. The van der Waals surface area contributed by atoms with Crippen molar-refractivity contribution in [1.82, 2.24) is 0 Å². The second-order valence-corrected chi connectivity index (χ2v) is 6.38. The van der Waals surface area contributed by atoms with Gasteiger partial charge in [0, 0.05) is 5.71 Å². The predicted molar refractivity (Wildman–Crippen MR) is 102 cm³/mol. The van der Waals surface area contributed by atoms with Gasteiger partial charge in [-0.1, -0.05) is 60.7 Å². The van der Waals surface area contributed by atoms with Crippen molar-refractivity contribution in [2.75, 3.05) is 7.11 Å². The van der Waals surface area contributed by atoms with Crippen LogP contribution in [0.2, 0.25) is 0 Å². The number of aliphatic imine (C=N–C) groups is 1. The number of rotatable bonds is 4. The Labute approximate surface area is 148 Å². The Bertz CT molecular complexity index is 827. The van der Waals surface area contributed by atoms with Gasteiger partial charge in [-0.25, -0.2) is 0 Å². The van der Waals surface area contributed by atoms with E-state index < -0.39 is 0 Å². The maximum atomic E-state index is 5.27. The van der Waals surface area contributed by atoms with E-state index in [0.717, 1.165) is 24.3 Å². The zero-order valence-electron chi connectivity index (χ0n) is 14.4. The summed E-state index contributed by atoms with van der Waals surface area (Å²) < 4.78 is 5.27. The quantitative estimate of drug-likeness (QED) is 0.643. The first-order valence-corrected chi connectivity index (χ1v) is 8.66. The fourth-order valence-corrected chi connectivity index (χ4v) is 3.65. The van der Waals surface area contributed by atoms with E-state index in [9.17, 15) is 0 Å². The molecule has 0 bridgehead atoms. The van der Waals surface area contributed by atoms with Crippen LogP contribution >= 0.6 is 0 Å². The molecule has 0 spiro atoms. The smallest absolute Gasteiger partial charge is 0.118 e. The van der Waals surface area contributed by atoms with Gasteiger partial charge in [-0.2, -0.15) is 0 Å². The summed E-state index contributed by atoms with van der Waals surface area (Å²) in [7, 11) is 1.69. The van der Waals surface area contributed by atoms with Gasteiger partial charge >= 0.3 is 0 Å². The van der Waals surface area contributed by atoms with E-state index in [2.05, 4.69) is 72.8 Å². The number of ether oxygens (including phenoxy) is 1. The Morgan fingerprint density at radius 2 is 1.32 bits per heavy atom. The molecule has 0 N–H and O–H groups in total. The summed E-state index contributed by atoms with van der Waals surface area (Å²) in [6.45, 7) is 0. The molecule has 3 aromatic rings. The fraction of sp³-hybridized carbons (Fsp3) is 0.174. The van der Waals surface area contributed by atoms with E-state index in [4.69, 9.17) is 9.73 Å². The molecule has 0 unspecified atom stereocenters. The molecule has 1 aliphatic heterocycles. The zero-order valence-corrected chi connectivity index (χ0v) is 14.4. The van der Waals surface area contributed by atoms with E-state index >= 15 is 0 Å². The second-order valence-electron chi connectivity index (χ2n) is 6.38. The lowest BCUT2D eigenvalue weighted by atomic mass is 9.81. The van der Waals surface area contributed by atoms with Gasteiger partial charge in [0.25, 0.3) is 0 Å². The topological polar surface area (TPSA) is 21.6 Å². The molecular weight excluding hydrogens is 306 g/mol. The first-order chi connectivity index (χ1) is 12.3. The minimum absolute atomic E-state index is 0.294. The summed E-state index contributed by atoms with van der Waals surface area (Å²) in [6.07, 6.45) is 1.96. The summed E-state index contributed by atoms with van der Waals surface area (Å²) in [4.78, 5) is 5.26. The van der Waals surface area contributed by atoms with Gasteiger partial charge in [0.15, 0.2) is 0 Å². The van der Waals surface area contributed by atoms with Gasteiger partial charge in [-0.3, -0.25) is 4.99 Å². The van der Waals surface area contributed by atoms with E-state index in [0.29, 0.717) is 0 Å². The molecule has 0 aromatic heterocycles. The summed E-state index contributed by atoms with van der Waals surface area (Å²) in [5.41, 5.74) is 4.55. The number of hydrogen-bond donors (Lipinski definition) is 0. The third-order valence-corrected chi connectivity index (χ3v) is 4.98. The molecule has 0 fully saturated rings. The largest absolute Gasteiger partial charge is 0.497 e. The summed E-state index contributed by atoms with van der Waals surface area (Å²) in [6, 6.07) is 29.5. The van der Waals surface area contributed by atoms with E-state index in [1.807, 2.05) is 12.1 Å². The summed E-state index contributed by atoms with van der Waals surface area (Å²) >= 11 is 0. The first-order valence-electron chi connectivity index (χ1n) is 8.66. The minimum Gasteiger partial charge on any atom is -0.497 e. The van der Waals surface area contributed by atoms with Gasteiger partial charge in [0.05, 0.1) is 7.11 Å². The first kappa shape index (κ1) is 15.6. The third kappa shape index (κ3) is 2.85. The van der Waals surface area contributed by atoms with Crippen molar-refractivity contribution >= 4 is 5.71 Å². The number of methoxy groups -OCH3 is 1. The predicted octanol–water partition coefficient (Wildman–Crippen LogP) is 5.22. The van der Waals surface area contributed by atoms with Crippen LogP contribution in [0.5, 0.6) is 5.75 Å². The molecule has 2 heteroatoms. The van der Waals surface area contributed by atoms with Crippen LogP contribution in [0.4, 0.5) is 0 Å². The number of nitrogens with zero attached hydrogens (tertiary/aromatic N) is 1. The molecule has 3 aromatic carbocycles. The van der Waals surface area contributed by atoms with Crippen molar-refractivity contribution < 1.29 is 4.74 Å². The van der Waals surface area contributed by atoms with Crippen LogP contribution in [0.1, 0.15) is 29.5 Å². The van der Waals surface area contributed by atoms with Crippen molar-refractivity contribution in [2.24, 2.45) is 4.99 Å². The number of hydrogen-bond acceptors (Lipinski definition) is 2. The lowest BCUT2D eigenvalue weighted by Crippen LogP contribution is -2.22. The molecular formula is C23H21NO. The van der Waals surface area contributed by atoms with Crippen molar-refractivity contribution in [3.63, 3.8) is 0 Å². The maximum Gasteiger partial charge on any atom is 0.118 e. The van der Waals surface area contributed by atoms with Crippen LogP contribution in [0.25, 0.3) is 0 Å². The highest BCUT2D eigenvalue weighted by Crippen LogP contribution is 2.43. The van der Waals surface area contributed by atoms with Crippen LogP contribution < -0.4 is 4.74 Å². The highest BCUT2D eigenvalue weighted by Gasteiger charge is 2.38. The van der Waals surface area contributed by atoms with Crippen LogP contribution in [-0.2, 0) is 5.54 Å². The Balaban J connectivity index is 1.81. The third-order valence-electron chi connectivity index (χ3n) is 4.98. The highest BCUT2D eigenvalue weighted by molar-refractivity contribution is 6.02. The van der Waals surface area contributed by atoms with Gasteiger partial charge in [0.1, 0.15) is 11.3 Å².